The molecule has 0 aliphatic carbocycles. The minimum absolute atomic E-state index is 0.0129. The second-order valence-electron chi connectivity index (χ2n) is 8.51. The lowest BCUT2D eigenvalue weighted by Crippen LogP contribution is -2.16. The Morgan fingerprint density at radius 3 is 2.46 bits per heavy atom. The van der Waals surface area contributed by atoms with Crippen LogP contribution in [0.4, 0.5) is 19.0 Å². The Kier molecular flexibility index (Phi) is 6.26. The standard InChI is InChI=1S/C27H22F3N5O2/c1-34-13-11-23(32-34)21-16-18(8-10-22(21)27(28,29)30)26(37)31-25-20-9-7-17(12-14-36)15-24(20)33-35(25)19-5-3-2-4-6-19/h2-11,13,15-16,36H,12,14H2,1H3,(H,31,37). The lowest BCUT2D eigenvalue weighted by molar-refractivity contribution is -0.137. The smallest absolute Gasteiger partial charge is 0.396 e. The molecule has 0 saturated carbocycles. The Morgan fingerprint density at radius 2 is 1.78 bits per heavy atom. The van der Waals surface area contributed by atoms with Gasteiger partial charge >= 0.3 is 6.18 Å². The average molecular weight is 506 g/mol. The molecule has 0 radical (unpaired) electrons. The minimum Gasteiger partial charge on any atom is -0.396 e. The van der Waals surface area contributed by atoms with Gasteiger partial charge in [0, 0.05) is 36.4 Å². The molecular formula is C27H22F3N5O2. The molecule has 7 nitrogen and oxygen atoms in total. The number of nitrogens with one attached hydrogen (secondary N) is 1. The van der Waals surface area contributed by atoms with Crippen LogP contribution in [-0.2, 0) is 19.6 Å². The zero-order valence-electron chi connectivity index (χ0n) is 19.7. The third-order valence-electron chi connectivity index (χ3n) is 5.95. The molecule has 0 atom stereocenters. The van der Waals surface area contributed by atoms with E-state index in [4.69, 9.17) is 0 Å². The number of halogens is 3. The summed E-state index contributed by atoms with van der Waals surface area (Å²) in [6, 6.07) is 19.3. The highest BCUT2D eigenvalue weighted by atomic mass is 19.4. The van der Waals surface area contributed by atoms with Crippen molar-refractivity contribution in [3.8, 4) is 16.9 Å². The molecule has 0 spiro atoms. The van der Waals surface area contributed by atoms with Crippen LogP contribution in [0.5, 0.6) is 0 Å². The molecule has 0 fully saturated rings. The number of carbonyl (C=O) groups excluding carboxylic acids is 1. The first-order valence-corrected chi connectivity index (χ1v) is 11.4. The molecule has 37 heavy (non-hydrogen) atoms. The zero-order chi connectivity index (χ0) is 26.2. The molecule has 0 saturated heterocycles. The average Bonchev–Trinajstić information content (AvgIpc) is 3.47. The molecule has 2 N–H and O–H groups in total. The maximum atomic E-state index is 13.7. The zero-order valence-corrected chi connectivity index (χ0v) is 19.7. The summed E-state index contributed by atoms with van der Waals surface area (Å²) in [5.74, 6) is -0.217. The fourth-order valence-corrected chi connectivity index (χ4v) is 4.18. The molecule has 0 aliphatic rings. The van der Waals surface area contributed by atoms with Gasteiger partial charge in [-0.25, -0.2) is 4.68 Å². The number of para-hydroxylation sites is 1. The summed E-state index contributed by atoms with van der Waals surface area (Å²) in [6.45, 7) is -0.0129. The highest BCUT2D eigenvalue weighted by molar-refractivity contribution is 6.09. The Balaban J connectivity index is 1.58. The maximum absolute atomic E-state index is 13.7. The van der Waals surface area contributed by atoms with Crippen molar-refractivity contribution in [2.45, 2.75) is 12.6 Å². The first kappa shape index (κ1) is 24.3. The number of aryl methyl sites for hydroxylation is 1. The third-order valence-corrected chi connectivity index (χ3v) is 5.95. The van der Waals surface area contributed by atoms with Gasteiger partial charge < -0.3 is 10.4 Å². The Bertz CT molecular complexity index is 1590. The summed E-state index contributed by atoms with van der Waals surface area (Å²) in [6.07, 6.45) is -2.62. The number of aliphatic hydroxyl groups excluding tert-OH is 1. The van der Waals surface area contributed by atoms with Gasteiger partial charge in [-0.2, -0.15) is 23.4 Å². The molecular weight excluding hydrogens is 483 g/mol. The number of anilines is 1. The highest BCUT2D eigenvalue weighted by Crippen LogP contribution is 2.37. The summed E-state index contributed by atoms with van der Waals surface area (Å²) in [4.78, 5) is 13.4. The van der Waals surface area contributed by atoms with E-state index >= 15 is 0 Å². The van der Waals surface area contributed by atoms with Gasteiger partial charge in [0.25, 0.3) is 5.91 Å². The number of aromatic nitrogens is 4. The number of fused-ring (bicyclic) bond motifs is 1. The van der Waals surface area contributed by atoms with Crippen molar-refractivity contribution >= 4 is 22.6 Å². The number of aliphatic hydroxyl groups is 1. The van der Waals surface area contributed by atoms with E-state index in [0.29, 0.717) is 28.8 Å². The Labute approximate surface area is 209 Å². The predicted octanol–water partition coefficient (Wildman–Crippen LogP) is 5.23. The summed E-state index contributed by atoms with van der Waals surface area (Å²) >= 11 is 0. The lowest BCUT2D eigenvalue weighted by Gasteiger charge is -2.14. The lowest BCUT2D eigenvalue weighted by atomic mass is 10.0. The van der Waals surface area contributed by atoms with Crippen molar-refractivity contribution in [2.75, 3.05) is 11.9 Å². The Morgan fingerprint density at radius 1 is 1.00 bits per heavy atom. The first-order valence-electron chi connectivity index (χ1n) is 11.4. The van der Waals surface area contributed by atoms with E-state index < -0.39 is 17.6 Å². The number of carbonyl (C=O) groups is 1. The van der Waals surface area contributed by atoms with Gasteiger partial charge in [-0.05, 0) is 60.5 Å². The van der Waals surface area contributed by atoms with E-state index in [-0.39, 0.29) is 23.4 Å². The number of benzene rings is 3. The number of amides is 1. The molecule has 2 heterocycles. The molecule has 0 bridgehead atoms. The normalized spacial score (nSPS) is 11.7. The molecule has 3 aromatic carbocycles. The quantitative estimate of drug-likeness (QED) is 0.331. The van der Waals surface area contributed by atoms with Crippen LogP contribution >= 0.6 is 0 Å². The SMILES string of the molecule is Cn1ccc(-c2cc(C(=O)Nc3c4ccc(CCO)cc4nn3-c3ccccc3)ccc2C(F)(F)F)n1. The van der Waals surface area contributed by atoms with Crippen LogP contribution < -0.4 is 5.32 Å². The Hall–Kier alpha value is -4.44. The van der Waals surface area contributed by atoms with E-state index in [1.165, 1.54) is 23.0 Å². The first-order chi connectivity index (χ1) is 17.7. The molecule has 5 rings (SSSR count). The van der Waals surface area contributed by atoms with E-state index in [9.17, 15) is 23.1 Å². The van der Waals surface area contributed by atoms with Gasteiger partial charge in [-0.3, -0.25) is 9.48 Å². The fourth-order valence-electron chi connectivity index (χ4n) is 4.18. The minimum atomic E-state index is -4.61. The molecule has 10 heteroatoms. The van der Waals surface area contributed by atoms with Gasteiger partial charge in [0.05, 0.1) is 22.5 Å². The van der Waals surface area contributed by atoms with E-state index in [2.05, 4.69) is 15.5 Å². The molecule has 5 aromatic rings. The van der Waals surface area contributed by atoms with Gasteiger partial charge in [0.1, 0.15) is 5.82 Å². The van der Waals surface area contributed by atoms with E-state index in [1.54, 1.807) is 17.8 Å². The van der Waals surface area contributed by atoms with Crippen molar-refractivity contribution in [3.63, 3.8) is 0 Å². The van der Waals surface area contributed by atoms with Crippen LogP contribution in [-0.4, -0.2) is 37.2 Å². The molecule has 2 aromatic heterocycles. The monoisotopic (exact) mass is 505 g/mol. The molecule has 0 aliphatic heterocycles. The summed E-state index contributed by atoms with van der Waals surface area (Å²) < 4.78 is 44.1. The predicted molar refractivity (Wildman–Crippen MR) is 133 cm³/mol. The van der Waals surface area contributed by atoms with Crippen molar-refractivity contribution in [1.82, 2.24) is 19.6 Å². The topological polar surface area (TPSA) is 85.0 Å². The largest absolute Gasteiger partial charge is 0.417 e. The van der Waals surface area contributed by atoms with Crippen molar-refractivity contribution in [2.24, 2.45) is 7.05 Å². The molecule has 188 valence electrons. The number of alkyl halides is 3. The molecule has 1 amide bonds. The number of hydrogen-bond acceptors (Lipinski definition) is 4. The van der Waals surface area contributed by atoms with Gasteiger partial charge in [-0.1, -0.05) is 24.3 Å². The van der Waals surface area contributed by atoms with Crippen LogP contribution in [0.15, 0.2) is 79.0 Å². The van der Waals surface area contributed by atoms with Crippen LogP contribution in [0.3, 0.4) is 0 Å². The fraction of sp³-hybridized carbons (Fsp3) is 0.148. The highest BCUT2D eigenvalue weighted by Gasteiger charge is 2.34. The second-order valence-corrected chi connectivity index (χ2v) is 8.51. The van der Waals surface area contributed by atoms with Crippen LogP contribution in [0, 0.1) is 0 Å². The van der Waals surface area contributed by atoms with Gasteiger partial charge in [-0.15, -0.1) is 0 Å². The van der Waals surface area contributed by atoms with Crippen LogP contribution in [0.1, 0.15) is 21.5 Å². The summed E-state index contributed by atoms with van der Waals surface area (Å²) in [5, 5.41) is 21.5. The van der Waals surface area contributed by atoms with E-state index in [0.717, 1.165) is 17.7 Å². The summed E-state index contributed by atoms with van der Waals surface area (Å²) in [7, 11) is 1.61. The third kappa shape index (κ3) is 4.83. The summed E-state index contributed by atoms with van der Waals surface area (Å²) in [5.41, 5.74) is 1.27. The van der Waals surface area contributed by atoms with Crippen molar-refractivity contribution in [3.05, 3.63) is 95.7 Å². The maximum Gasteiger partial charge on any atom is 0.417 e. The van der Waals surface area contributed by atoms with Gasteiger partial charge in [0.15, 0.2) is 0 Å². The van der Waals surface area contributed by atoms with Crippen LogP contribution in [0.2, 0.25) is 0 Å². The number of hydrogen-bond donors (Lipinski definition) is 2. The second kappa shape index (κ2) is 9.55. The number of nitrogens with zero attached hydrogens (tertiary/aromatic N) is 4. The van der Waals surface area contributed by atoms with Crippen molar-refractivity contribution < 1.29 is 23.1 Å². The van der Waals surface area contributed by atoms with Gasteiger partial charge in [0.2, 0.25) is 0 Å². The van der Waals surface area contributed by atoms with E-state index in [1.807, 2.05) is 42.5 Å². The number of rotatable bonds is 6. The van der Waals surface area contributed by atoms with Crippen molar-refractivity contribution in [1.29, 1.82) is 0 Å². The molecule has 0 unspecified atom stereocenters. The van der Waals surface area contributed by atoms with Crippen LogP contribution in [0.25, 0.3) is 27.8 Å².